The normalized spacial score (nSPS) is 15.3. The molecule has 0 spiro atoms. The number of fused-ring (bicyclic) bond motifs is 1. The molecule has 0 atom stereocenters. The second-order valence-electron chi connectivity index (χ2n) is 7.05. The molecule has 0 aliphatic carbocycles. The Bertz CT molecular complexity index is 1000. The van der Waals surface area contributed by atoms with Crippen molar-refractivity contribution in [1.82, 2.24) is 4.90 Å². The van der Waals surface area contributed by atoms with Gasteiger partial charge in [0.05, 0.1) is 7.11 Å². The molecule has 27 heavy (non-hydrogen) atoms. The Hall–Kier alpha value is -2.79. The van der Waals surface area contributed by atoms with Crippen molar-refractivity contribution in [3.8, 4) is 5.75 Å². The predicted molar refractivity (Wildman–Crippen MR) is 108 cm³/mol. The zero-order valence-electron chi connectivity index (χ0n) is 15.8. The fraction of sp³-hybridized carbons (Fsp3) is 0.318. The largest absolute Gasteiger partial charge is 0.497 e. The summed E-state index contributed by atoms with van der Waals surface area (Å²) < 4.78 is 10.7. The molecule has 1 fully saturated rings. The van der Waals surface area contributed by atoms with Crippen molar-refractivity contribution >= 4 is 16.7 Å². The molecule has 1 aliphatic rings. The predicted octanol–water partition coefficient (Wildman–Crippen LogP) is 3.43. The molecule has 140 valence electrons. The van der Waals surface area contributed by atoms with Crippen molar-refractivity contribution in [2.45, 2.75) is 13.5 Å². The summed E-state index contributed by atoms with van der Waals surface area (Å²) in [6.07, 6.45) is 0. The van der Waals surface area contributed by atoms with Crippen LogP contribution >= 0.6 is 0 Å². The molecular formula is C22H24N2O3. The van der Waals surface area contributed by atoms with Crippen LogP contribution in [0.15, 0.2) is 57.7 Å². The standard InChI is InChI=1S/C22H24N2O3/c1-16-6-7-20-17(13-22(25)27-21(20)12-16)15-23-8-10-24(11-9-23)18-4-3-5-19(14-18)26-2/h3-7,12-14H,8-11,15H2,1-2H3. The van der Waals surface area contributed by atoms with Crippen molar-refractivity contribution in [2.75, 3.05) is 38.2 Å². The van der Waals surface area contributed by atoms with Gasteiger partial charge in [-0.2, -0.15) is 0 Å². The van der Waals surface area contributed by atoms with Crippen LogP contribution in [0.3, 0.4) is 0 Å². The van der Waals surface area contributed by atoms with Gasteiger partial charge in [-0.25, -0.2) is 4.79 Å². The maximum atomic E-state index is 11.9. The van der Waals surface area contributed by atoms with Crippen LogP contribution in [0, 0.1) is 6.92 Å². The number of rotatable bonds is 4. The third-order valence-electron chi connectivity index (χ3n) is 5.17. The summed E-state index contributed by atoms with van der Waals surface area (Å²) in [5, 5.41) is 1.02. The van der Waals surface area contributed by atoms with E-state index in [9.17, 15) is 4.79 Å². The van der Waals surface area contributed by atoms with E-state index >= 15 is 0 Å². The lowest BCUT2D eigenvalue weighted by Crippen LogP contribution is -2.46. The monoisotopic (exact) mass is 364 g/mol. The van der Waals surface area contributed by atoms with Crippen LogP contribution in [-0.4, -0.2) is 38.2 Å². The molecule has 0 N–H and O–H groups in total. The van der Waals surface area contributed by atoms with Crippen LogP contribution in [0.5, 0.6) is 5.75 Å². The summed E-state index contributed by atoms with van der Waals surface area (Å²) in [6.45, 7) is 6.56. The minimum atomic E-state index is -0.280. The van der Waals surface area contributed by atoms with Gasteiger partial charge in [-0.1, -0.05) is 18.2 Å². The minimum absolute atomic E-state index is 0.280. The Kier molecular flexibility index (Phi) is 4.86. The van der Waals surface area contributed by atoms with E-state index in [0.29, 0.717) is 5.58 Å². The van der Waals surface area contributed by atoms with E-state index in [1.54, 1.807) is 13.2 Å². The number of aryl methyl sites for hydroxylation is 1. The maximum Gasteiger partial charge on any atom is 0.336 e. The Labute approximate surface area is 158 Å². The molecule has 1 aliphatic heterocycles. The molecule has 4 rings (SSSR count). The lowest BCUT2D eigenvalue weighted by Gasteiger charge is -2.36. The van der Waals surface area contributed by atoms with E-state index in [-0.39, 0.29) is 5.63 Å². The van der Waals surface area contributed by atoms with Gasteiger partial charge in [-0.05, 0) is 36.2 Å². The summed E-state index contributed by atoms with van der Waals surface area (Å²) in [5.74, 6) is 0.882. The third-order valence-corrected chi connectivity index (χ3v) is 5.17. The van der Waals surface area contributed by atoms with Gasteiger partial charge in [-0.15, -0.1) is 0 Å². The summed E-state index contributed by atoms with van der Waals surface area (Å²) in [5.41, 5.74) is 3.71. The number of nitrogens with zero attached hydrogens (tertiary/aromatic N) is 2. The highest BCUT2D eigenvalue weighted by Gasteiger charge is 2.19. The first-order valence-electron chi connectivity index (χ1n) is 9.27. The van der Waals surface area contributed by atoms with Gasteiger partial charge < -0.3 is 14.1 Å². The summed E-state index contributed by atoms with van der Waals surface area (Å²) in [6, 6.07) is 15.9. The van der Waals surface area contributed by atoms with Crippen molar-refractivity contribution in [1.29, 1.82) is 0 Å². The first kappa shape index (κ1) is 17.6. The molecule has 5 heteroatoms. The molecule has 1 aromatic heterocycles. The third kappa shape index (κ3) is 3.83. The Balaban J connectivity index is 1.48. The van der Waals surface area contributed by atoms with Gasteiger partial charge in [0.25, 0.3) is 0 Å². The quantitative estimate of drug-likeness (QED) is 0.664. The van der Waals surface area contributed by atoms with E-state index in [1.165, 1.54) is 5.69 Å². The first-order chi connectivity index (χ1) is 13.1. The van der Waals surface area contributed by atoms with E-state index in [2.05, 4.69) is 34.1 Å². The smallest absolute Gasteiger partial charge is 0.336 e. The number of anilines is 1. The molecule has 1 saturated heterocycles. The molecule has 0 unspecified atom stereocenters. The summed E-state index contributed by atoms with van der Waals surface area (Å²) in [7, 11) is 1.69. The van der Waals surface area contributed by atoms with Gasteiger partial charge in [0.2, 0.25) is 0 Å². The Morgan fingerprint density at radius 3 is 2.63 bits per heavy atom. The minimum Gasteiger partial charge on any atom is -0.497 e. The number of ether oxygens (including phenoxy) is 1. The van der Waals surface area contributed by atoms with E-state index < -0.39 is 0 Å². The van der Waals surface area contributed by atoms with Crippen molar-refractivity contribution in [3.63, 3.8) is 0 Å². The molecule has 0 saturated carbocycles. The zero-order valence-corrected chi connectivity index (χ0v) is 15.8. The number of hydrogen-bond donors (Lipinski definition) is 0. The highest BCUT2D eigenvalue weighted by molar-refractivity contribution is 5.80. The molecule has 0 amide bonds. The van der Waals surface area contributed by atoms with Crippen LogP contribution in [0.4, 0.5) is 5.69 Å². The van der Waals surface area contributed by atoms with E-state index in [1.807, 2.05) is 25.1 Å². The molecule has 0 radical (unpaired) electrons. The van der Waals surface area contributed by atoms with Crippen molar-refractivity contribution in [3.05, 3.63) is 70.1 Å². The van der Waals surface area contributed by atoms with Gasteiger partial charge in [-0.3, -0.25) is 4.90 Å². The number of benzene rings is 2. The second kappa shape index (κ2) is 7.45. The topological polar surface area (TPSA) is 45.9 Å². The van der Waals surface area contributed by atoms with Crippen LogP contribution in [0.1, 0.15) is 11.1 Å². The summed E-state index contributed by atoms with van der Waals surface area (Å²) in [4.78, 5) is 16.7. The van der Waals surface area contributed by atoms with Gasteiger partial charge in [0.15, 0.2) is 0 Å². The van der Waals surface area contributed by atoms with Crippen molar-refractivity contribution in [2.24, 2.45) is 0 Å². The molecule has 3 aromatic rings. The number of methoxy groups -OCH3 is 1. The highest BCUT2D eigenvalue weighted by atomic mass is 16.5. The van der Waals surface area contributed by atoms with Gasteiger partial charge >= 0.3 is 5.63 Å². The number of piperazine rings is 1. The highest BCUT2D eigenvalue weighted by Crippen LogP contribution is 2.24. The first-order valence-corrected chi connectivity index (χ1v) is 9.27. The van der Waals surface area contributed by atoms with Crippen molar-refractivity contribution < 1.29 is 9.15 Å². The summed E-state index contributed by atoms with van der Waals surface area (Å²) >= 11 is 0. The van der Waals surface area contributed by atoms with E-state index in [0.717, 1.165) is 55.0 Å². The van der Waals surface area contributed by atoms with Gasteiger partial charge in [0.1, 0.15) is 11.3 Å². The molecule has 5 nitrogen and oxygen atoms in total. The molecular weight excluding hydrogens is 340 g/mol. The van der Waals surface area contributed by atoms with Crippen LogP contribution in [-0.2, 0) is 6.54 Å². The molecule has 0 bridgehead atoms. The van der Waals surface area contributed by atoms with Gasteiger partial charge in [0, 0.05) is 55.9 Å². The molecule has 2 aromatic carbocycles. The molecule has 2 heterocycles. The fourth-order valence-electron chi connectivity index (χ4n) is 3.68. The van der Waals surface area contributed by atoms with Crippen LogP contribution < -0.4 is 15.3 Å². The number of hydrogen-bond acceptors (Lipinski definition) is 5. The fourth-order valence-corrected chi connectivity index (χ4v) is 3.68. The Morgan fingerprint density at radius 2 is 1.85 bits per heavy atom. The average Bonchev–Trinajstić information content (AvgIpc) is 2.68. The lowest BCUT2D eigenvalue weighted by atomic mass is 10.1. The van der Waals surface area contributed by atoms with E-state index in [4.69, 9.17) is 9.15 Å². The second-order valence-corrected chi connectivity index (χ2v) is 7.05. The average molecular weight is 364 g/mol. The lowest BCUT2D eigenvalue weighted by molar-refractivity contribution is 0.250. The maximum absolute atomic E-state index is 11.9. The Morgan fingerprint density at radius 1 is 1.04 bits per heavy atom. The van der Waals surface area contributed by atoms with Crippen LogP contribution in [0.2, 0.25) is 0 Å². The van der Waals surface area contributed by atoms with Crippen LogP contribution in [0.25, 0.3) is 11.0 Å². The zero-order chi connectivity index (χ0) is 18.8. The SMILES string of the molecule is COc1cccc(N2CCN(Cc3cc(=O)oc4cc(C)ccc34)CC2)c1.